The third-order valence-electron chi connectivity index (χ3n) is 6.36. The number of nitriles is 1. The Kier molecular flexibility index (Phi) is 8.80. The lowest BCUT2D eigenvalue weighted by Crippen LogP contribution is -2.37. The molecular formula is C29H32N2O5. The Morgan fingerprint density at radius 2 is 1.39 bits per heavy atom. The first-order chi connectivity index (χ1) is 17.4. The fraction of sp³-hybridized carbons (Fsp3) is 0.310. The minimum absolute atomic E-state index is 0.0224. The van der Waals surface area contributed by atoms with Crippen LogP contribution < -0.4 is 18.9 Å². The first kappa shape index (κ1) is 26.4. The highest BCUT2D eigenvalue weighted by molar-refractivity contribution is 5.80. The summed E-state index contributed by atoms with van der Waals surface area (Å²) in [5.74, 6) is 2.21. The van der Waals surface area contributed by atoms with E-state index in [1.807, 2.05) is 54.6 Å². The molecule has 36 heavy (non-hydrogen) atoms. The molecule has 7 nitrogen and oxygen atoms in total. The van der Waals surface area contributed by atoms with Gasteiger partial charge < -0.3 is 23.8 Å². The molecule has 0 fully saturated rings. The Morgan fingerprint density at radius 1 is 0.806 bits per heavy atom. The molecule has 0 aliphatic rings. The quantitative estimate of drug-likeness (QED) is 0.392. The SMILES string of the molecule is COc1ccc(CCN(C)C(=O)C[C@@](C#N)(c2ccccc2)c2ccc(OC)c(OC)c2)cc1OC. The number of rotatable bonds is 11. The van der Waals surface area contributed by atoms with Crippen LogP contribution in [0.5, 0.6) is 23.0 Å². The lowest BCUT2D eigenvalue weighted by atomic mass is 9.72. The molecule has 1 amide bonds. The zero-order valence-corrected chi connectivity index (χ0v) is 21.4. The van der Waals surface area contributed by atoms with Crippen molar-refractivity contribution in [3.63, 3.8) is 0 Å². The molecule has 7 heteroatoms. The van der Waals surface area contributed by atoms with Crippen LogP contribution in [0.1, 0.15) is 23.1 Å². The van der Waals surface area contributed by atoms with Crippen LogP contribution in [0.25, 0.3) is 0 Å². The molecule has 0 bridgehead atoms. The summed E-state index contributed by atoms with van der Waals surface area (Å²) in [4.78, 5) is 15.1. The summed E-state index contributed by atoms with van der Waals surface area (Å²) in [7, 11) is 8.05. The van der Waals surface area contributed by atoms with E-state index >= 15 is 0 Å². The van der Waals surface area contributed by atoms with Crippen molar-refractivity contribution in [3.05, 3.63) is 83.4 Å². The number of benzene rings is 3. The number of amides is 1. The van der Waals surface area contributed by atoms with Crippen molar-refractivity contribution in [1.82, 2.24) is 4.90 Å². The van der Waals surface area contributed by atoms with E-state index < -0.39 is 5.41 Å². The van der Waals surface area contributed by atoms with Gasteiger partial charge in [0.1, 0.15) is 5.41 Å². The summed E-state index contributed by atoms with van der Waals surface area (Å²) in [5.41, 5.74) is 1.22. The number of hydrogen-bond acceptors (Lipinski definition) is 6. The molecule has 0 aromatic heterocycles. The highest BCUT2D eigenvalue weighted by atomic mass is 16.5. The van der Waals surface area contributed by atoms with Crippen LogP contribution in [0.4, 0.5) is 0 Å². The van der Waals surface area contributed by atoms with Gasteiger partial charge in [0.2, 0.25) is 5.91 Å². The molecule has 0 saturated heterocycles. The molecule has 1 atom stereocenters. The summed E-state index contributed by atoms with van der Waals surface area (Å²) in [6.45, 7) is 0.483. The maximum atomic E-state index is 13.5. The van der Waals surface area contributed by atoms with Gasteiger partial charge in [-0.1, -0.05) is 42.5 Å². The molecule has 188 valence electrons. The van der Waals surface area contributed by atoms with E-state index in [0.717, 1.165) is 11.1 Å². The monoisotopic (exact) mass is 488 g/mol. The first-order valence-electron chi connectivity index (χ1n) is 11.6. The number of likely N-dealkylation sites (N-methyl/N-ethyl adjacent to an activating group) is 1. The second-order valence-electron chi connectivity index (χ2n) is 8.38. The van der Waals surface area contributed by atoms with Crippen LogP contribution in [0.2, 0.25) is 0 Å². The third kappa shape index (κ3) is 5.55. The third-order valence-corrected chi connectivity index (χ3v) is 6.36. The van der Waals surface area contributed by atoms with Crippen molar-refractivity contribution >= 4 is 5.91 Å². The molecule has 0 saturated carbocycles. The summed E-state index contributed by atoms with van der Waals surface area (Å²) in [6.07, 6.45) is 0.606. The van der Waals surface area contributed by atoms with E-state index in [1.54, 1.807) is 52.5 Å². The van der Waals surface area contributed by atoms with Crippen LogP contribution >= 0.6 is 0 Å². The molecule has 0 radical (unpaired) electrons. The minimum Gasteiger partial charge on any atom is -0.493 e. The molecular weight excluding hydrogens is 456 g/mol. The van der Waals surface area contributed by atoms with Crippen molar-refractivity contribution < 1.29 is 23.7 Å². The number of hydrogen-bond donors (Lipinski definition) is 0. The molecule has 0 heterocycles. The van der Waals surface area contributed by atoms with Crippen LogP contribution in [0.3, 0.4) is 0 Å². The minimum atomic E-state index is -1.20. The molecule has 0 spiro atoms. The second kappa shape index (κ2) is 12.0. The van der Waals surface area contributed by atoms with Gasteiger partial charge in [0, 0.05) is 13.6 Å². The molecule has 3 aromatic carbocycles. The summed E-state index contributed by atoms with van der Waals surface area (Å²) in [6, 6.07) is 22.9. The Bertz CT molecular complexity index is 1220. The zero-order chi connectivity index (χ0) is 26.1. The number of nitrogens with zero attached hydrogens (tertiary/aromatic N) is 2. The Labute approximate surface area is 212 Å². The smallest absolute Gasteiger partial charge is 0.224 e. The van der Waals surface area contributed by atoms with Crippen molar-refractivity contribution in [1.29, 1.82) is 5.26 Å². The molecule has 0 aliphatic carbocycles. The van der Waals surface area contributed by atoms with Gasteiger partial charge in [-0.25, -0.2) is 0 Å². The Hall–Kier alpha value is -4.18. The molecule has 0 N–H and O–H groups in total. The van der Waals surface area contributed by atoms with Gasteiger partial charge in [0.25, 0.3) is 0 Å². The summed E-state index contributed by atoms with van der Waals surface area (Å²) >= 11 is 0. The molecule has 3 aromatic rings. The summed E-state index contributed by atoms with van der Waals surface area (Å²) < 4.78 is 21.5. The van der Waals surface area contributed by atoms with E-state index in [4.69, 9.17) is 18.9 Å². The Morgan fingerprint density at radius 3 is 1.97 bits per heavy atom. The number of carbonyl (C=O) groups excluding carboxylic acids is 1. The maximum Gasteiger partial charge on any atom is 0.224 e. The van der Waals surface area contributed by atoms with E-state index in [1.165, 1.54) is 0 Å². The fourth-order valence-corrected chi connectivity index (χ4v) is 4.18. The highest BCUT2D eigenvalue weighted by Gasteiger charge is 2.38. The van der Waals surface area contributed by atoms with Gasteiger partial charge in [-0.15, -0.1) is 0 Å². The van der Waals surface area contributed by atoms with Gasteiger partial charge in [0.05, 0.1) is 40.9 Å². The largest absolute Gasteiger partial charge is 0.493 e. The van der Waals surface area contributed by atoms with Gasteiger partial charge >= 0.3 is 0 Å². The fourth-order valence-electron chi connectivity index (χ4n) is 4.18. The second-order valence-corrected chi connectivity index (χ2v) is 8.38. The highest BCUT2D eigenvalue weighted by Crippen LogP contribution is 2.40. The first-order valence-corrected chi connectivity index (χ1v) is 11.6. The Balaban J connectivity index is 1.88. The topological polar surface area (TPSA) is 81.0 Å². The number of carbonyl (C=O) groups is 1. The molecule has 0 unspecified atom stereocenters. The van der Waals surface area contributed by atoms with Gasteiger partial charge in [-0.2, -0.15) is 5.26 Å². The van der Waals surface area contributed by atoms with E-state index in [9.17, 15) is 10.1 Å². The van der Waals surface area contributed by atoms with Crippen LogP contribution in [-0.2, 0) is 16.6 Å². The van der Waals surface area contributed by atoms with E-state index in [0.29, 0.717) is 41.5 Å². The lowest BCUT2D eigenvalue weighted by Gasteiger charge is -2.30. The van der Waals surface area contributed by atoms with Crippen molar-refractivity contribution in [2.24, 2.45) is 0 Å². The van der Waals surface area contributed by atoms with Crippen LogP contribution in [0.15, 0.2) is 66.7 Å². The average Bonchev–Trinajstić information content (AvgIpc) is 2.94. The van der Waals surface area contributed by atoms with Crippen molar-refractivity contribution in [2.45, 2.75) is 18.3 Å². The van der Waals surface area contributed by atoms with Gasteiger partial charge in [-0.3, -0.25) is 4.79 Å². The summed E-state index contributed by atoms with van der Waals surface area (Å²) in [5, 5.41) is 10.5. The predicted octanol–water partition coefficient (Wildman–Crippen LogP) is 4.62. The van der Waals surface area contributed by atoms with E-state index in [2.05, 4.69) is 6.07 Å². The maximum absolute atomic E-state index is 13.5. The molecule has 0 aliphatic heterocycles. The number of ether oxygens (including phenoxy) is 4. The lowest BCUT2D eigenvalue weighted by molar-refractivity contribution is -0.130. The standard InChI is InChI=1S/C29H32N2O5/c1-31(16-15-21-11-13-24(33-2)26(17-21)35-4)28(32)19-29(20-30,22-9-7-6-8-10-22)23-12-14-25(34-3)27(18-23)36-5/h6-14,17-18H,15-16,19H2,1-5H3/t29-/m1/s1. The predicted molar refractivity (Wildman–Crippen MR) is 138 cm³/mol. The van der Waals surface area contributed by atoms with Gasteiger partial charge in [-0.05, 0) is 47.4 Å². The normalized spacial score (nSPS) is 12.1. The molecule has 3 rings (SSSR count). The van der Waals surface area contributed by atoms with Crippen LogP contribution in [-0.4, -0.2) is 52.8 Å². The van der Waals surface area contributed by atoms with Crippen LogP contribution in [0, 0.1) is 11.3 Å². The van der Waals surface area contributed by atoms with E-state index in [-0.39, 0.29) is 12.3 Å². The zero-order valence-electron chi connectivity index (χ0n) is 21.4. The van der Waals surface area contributed by atoms with Crippen molar-refractivity contribution in [3.8, 4) is 29.1 Å². The average molecular weight is 489 g/mol. The van der Waals surface area contributed by atoms with Gasteiger partial charge in [0.15, 0.2) is 23.0 Å². The van der Waals surface area contributed by atoms with Crippen molar-refractivity contribution in [2.75, 3.05) is 42.0 Å². The number of methoxy groups -OCH3 is 4.